The predicted molar refractivity (Wildman–Crippen MR) is 82.1 cm³/mol. The van der Waals surface area contributed by atoms with Crippen LogP contribution < -0.4 is 4.74 Å². The molecular formula is C18H20F4O3. The Bertz CT molecular complexity index is 644. The number of carbonyl (C=O) groups is 1. The van der Waals surface area contributed by atoms with Gasteiger partial charge >= 0.3 is 12.1 Å². The van der Waals surface area contributed by atoms with E-state index in [1.807, 2.05) is 0 Å². The molecule has 4 rings (SSSR count). The summed E-state index contributed by atoms with van der Waals surface area (Å²) in [6.07, 6.45) is -2.77. The lowest BCUT2D eigenvalue weighted by Gasteiger charge is -2.73. The van der Waals surface area contributed by atoms with E-state index in [4.69, 9.17) is 4.74 Å². The lowest BCUT2D eigenvalue weighted by Crippen LogP contribution is -2.73. The van der Waals surface area contributed by atoms with Crippen LogP contribution in [0, 0.1) is 5.41 Å². The highest BCUT2D eigenvalue weighted by Crippen LogP contribution is 2.78. The van der Waals surface area contributed by atoms with Crippen molar-refractivity contribution in [3.63, 3.8) is 0 Å². The first-order valence-corrected chi connectivity index (χ1v) is 8.20. The normalized spacial score (nSPS) is 29.8. The monoisotopic (exact) mass is 360 g/mol. The van der Waals surface area contributed by atoms with Gasteiger partial charge in [0.1, 0.15) is 5.75 Å². The van der Waals surface area contributed by atoms with Gasteiger partial charge in [0.2, 0.25) is 5.67 Å². The van der Waals surface area contributed by atoms with Gasteiger partial charge < -0.3 is 9.47 Å². The van der Waals surface area contributed by atoms with E-state index in [1.54, 1.807) is 19.1 Å². The van der Waals surface area contributed by atoms with E-state index in [2.05, 4.69) is 4.74 Å². The van der Waals surface area contributed by atoms with Gasteiger partial charge in [-0.1, -0.05) is 12.1 Å². The van der Waals surface area contributed by atoms with Gasteiger partial charge in [0.05, 0.1) is 6.61 Å². The molecule has 25 heavy (non-hydrogen) atoms. The molecule has 0 N–H and O–H groups in total. The minimum Gasteiger partial charge on any atom is -0.484 e. The number of alkyl halides is 4. The molecular weight excluding hydrogens is 340 g/mol. The summed E-state index contributed by atoms with van der Waals surface area (Å²) in [5.74, 6) is -0.677. The van der Waals surface area contributed by atoms with Crippen molar-refractivity contribution in [2.24, 2.45) is 5.41 Å². The fourth-order valence-electron chi connectivity index (χ4n) is 4.15. The Hall–Kier alpha value is -1.79. The van der Waals surface area contributed by atoms with E-state index in [9.17, 15) is 22.4 Å². The minimum atomic E-state index is -4.38. The number of halogens is 4. The zero-order valence-corrected chi connectivity index (χ0v) is 14.1. The third kappa shape index (κ3) is 2.87. The summed E-state index contributed by atoms with van der Waals surface area (Å²) in [5, 5.41) is 0. The topological polar surface area (TPSA) is 35.5 Å². The fraction of sp³-hybridized carbons (Fsp3) is 0.611. The SMILES string of the molecule is CCOC(=O)C(C)(F)C12CC(c3ccc(OCC(F)(F)F)cc3)(C1)C2. The molecule has 138 valence electrons. The summed E-state index contributed by atoms with van der Waals surface area (Å²) in [7, 11) is 0. The Morgan fingerprint density at radius 2 is 1.68 bits per heavy atom. The zero-order valence-electron chi connectivity index (χ0n) is 14.1. The molecule has 1 unspecified atom stereocenters. The average Bonchev–Trinajstić information content (AvgIpc) is 2.43. The maximum absolute atomic E-state index is 14.9. The van der Waals surface area contributed by atoms with Crippen LogP contribution in [0.4, 0.5) is 17.6 Å². The van der Waals surface area contributed by atoms with E-state index in [1.165, 1.54) is 19.1 Å². The second-order valence-corrected chi connectivity index (χ2v) is 7.24. The van der Waals surface area contributed by atoms with Crippen LogP contribution in [-0.2, 0) is 14.9 Å². The lowest BCUT2D eigenvalue weighted by molar-refractivity contribution is -0.235. The second kappa shape index (κ2) is 5.61. The quantitative estimate of drug-likeness (QED) is 0.559. The first kappa shape index (κ1) is 18.0. The Balaban J connectivity index is 1.63. The number of esters is 1. The maximum atomic E-state index is 14.9. The molecule has 3 aliphatic rings. The van der Waals surface area contributed by atoms with Crippen LogP contribution >= 0.6 is 0 Å². The summed E-state index contributed by atoms with van der Waals surface area (Å²) in [4.78, 5) is 11.9. The van der Waals surface area contributed by atoms with Crippen molar-refractivity contribution in [1.82, 2.24) is 0 Å². The summed E-state index contributed by atoms with van der Waals surface area (Å²) in [6, 6.07) is 6.42. The van der Waals surface area contributed by atoms with Gasteiger partial charge in [-0.15, -0.1) is 0 Å². The number of benzene rings is 1. The molecule has 3 aliphatic carbocycles. The van der Waals surface area contributed by atoms with Crippen LogP contribution in [0.25, 0.3) is 0 Å². The van der Waals surface area contributed by atoms with E-state index < -0.39 is 29.8 Å². The molecule has 3 fully saturated rings. The number of rotatable bonds is 6. The molecule has 3 nitrogen and oxygen atoms in total. The summed E-state index contributed by atoms with van der Waals surface area (Å²) in [6.45, 7) is 1.72. The van der Waals surface area contributed by atoms with Crippen LogP contribution in [-0.4, -0.2) is 31.0 Å². The third-order valence-corrected chi connectivity index (χ3v) is 5.55. The van der Waals surface area contributed by atoms with Crippen molar-refractivity contribution in [2.45, 2.75) is 50.4 Å². The van der Waals surface area contributed by atoms with Crippen LogP contribution in [0.2, 0.25) is 0 Å². The molecule has 2 bridgehead atoms. The minimum absolute atomic E-state index is 0.138. The van der Waals surface area contributed by atoms with Crippen molar-refractivity contribution >= 4 is 5.97 Å². The third-order valence-electron chi connectivity index (χ3n) is 5.55. The molecule has 0 amide bonds. The molecule has 0 radical (unpaired) electrons. The smallest absolute Gasteiger partial charge is 0.422 e. The van der Waals surface area contributed by atoms with E-state index >= 15 is 0 Å². The van der Waals surface area contributed by atoms with Crippen LogP contribution in [0.15, 0.2) is 24.3 Å². The number of hydrogen-bond donors (Lipinski definition) is 0. The molecule has 0 spiro atoms. The largest absolute Gasteiger partial charge is 0.484 e. The molecule has 0 aromatic heterocycles. The zero-order chi connectivity index (χ0) is 18.5. The van der Waals surface area contributed by atoms with Gasteiger partial charge in [-0.3, -0.25) is 0 Å². The van der Waals surface area contributed by atoms with Gasteiger partial charge in [0, 0.05) is 5.41 Å². The molecule has 1 aromatic rings. The van der Waals surface area contributed by atoms with Crippen molar-refractivity contribution in [1.29, 1.82) is 0 Å². The first-order chi connectivity index (χ1) is 11.5. The Morgan fingerprint density at radius 3 is 2.16 bits per heavy atom. The van der Waals surface area contributed by atoms with Gasteiger partial charge in [0.15, 0.2) is 6.61 Å². The van der Waals surface area contributed by atoms with Crippen LogP contribution in [0.5, 0.6) is 5.75 Å². The second-order valence-electron chi connectivity index (χ2n) is 7.24. The molecule has 0 saturated heterocycles. The highest BCUT2D eigenvalue weighted by atomic mass is 19.4. The first-order valence-electron chi connectivity index (χ1n) is 8.20. The molecule has 7 heteroatoms. The standard InChI is InChI=1S/C18H20F4O3/c1-3-24-14(23)15(2,19)17-8-16(9-17,10-17)12-4-6-13(7-5-12)25-11-18(20,21)22/h4-7H,3,8-11H2,1-2H3. The summed E-state index contributed by atoms with van der Waals surface area (Å²) >= 11 is 0. The summed E-state index contributed by atoms with van der Waals surface area (Å²) in [5.41, 5.74) is -1.96. The van der Waals surface area contributed by atoms with Crippen LogP contribution in [0.1, 0.15) is 38.7 Å². The van der Waals surface area contributed by atoms with Crippen LogP contribution in [0.3, 0.4) is 0 Å². The van der Waals surface area contributed by atoms with E-state index in [0.29, 0.717) is 19.3 Å². The summed E-state index contributed by atoms with van der Waals surface area (Å²) < 4.78 is 60.9. The fourth-order valence-corrected chi connectivity index (χ4v) is 4.15. The number of ether oxygens (including phenoxy) is 2. The average molecular weight is 360 g/mol. The number of carbonyl (C=O) groups excluding carboxylic acids is 1. The molecule has 0 heterocycles. The molecule has 1 aromatic carbocycles. The van der Waals surface area contributed by atoms with Gasteiger partial charge in [-0.05, 0) is 56.2 Å². The van der Waals surface area contributed by atoms with Gasteiger partial charge in [-0.25, -0.2) is 9.18 Å². The Morgan fingerprint density at radius 1 is 1.12 bits per heavy atom. The van der Waals surface area contributed by atoms with E-state index in [-0.39, 0.29) is 17.8 Å². The van der Waals surface area contributed by atoms with Gasteiger partial charge in [0.25, 0.3) is 0 Å². The van der Waals surface area contributed by atoms with Crippen molar-refractivity contribution in [3.05, 3.63) is 29.8 Å². The lowest BCUT2D eigenvalue weighted by atomic mass is 9.30. The van der Waals surface area contributed by atoms with Crippen molar-refractivity contribution < 1.29 is 31.8 Å². The Kier molecular flexibility index (Phi) is 4.04. The highest BCUT2D eigenvalue weighted by Gasteiger charge is 2.77. The molecule has 1 atom stereocenters. The number of hydrogen-bond acceptors (Lipinski definition) is 3. The van der Waals surface area contributed by atoms with Gasteiger partial charge in [-0.2, -0.15) is 13.2 Å². The highest BCUT2D eigenvalue weighted by molar-refractivity contribution is 5.81. The molecule has 0 aliphatic heterocycles. The predicted octanol–water partition coefficient (Wildman–Crippen LogP) is 4.34. The van der Waals surface area contributed by atoms with Crippen molar-refractivity contribution in [3.8, 4) is 5.75 Å². The van der Waals surface area contributed by atoms with Crippen molar-refractivity contribution in [2.75, 3.05) is 13.2 Å². The van der Waals surface area contributed by atoms with E-state index in [0.717, 1.165) is 5.56 Å². The Labute approximate surface area is 143 Å². The molecule has 3 saturated carbocycles. The maximum Gasteiger partial charge on any atom is 0.422 e.